The predicted molar refractivity (Wildman–Crippen MR) is 71.1 cm³/mol. The molecule has 0 aliphatic carbocycles. The van der Waals surface area contributed by atoms with Crippen LogP contribution >= 0.6 is 11.6 Å². The number of benzene rings is 1. The number of ether oxygens (including phenoxy) is 1. The molecule has 0 spiro atoms. The highest BCUT2D eigenvalue weighted by molar-refractivity contribution is 6.31. The Hall–Kier alpha value is -1.20. The molecule has 1 aliphatic rings. The van der Waals surface area contributed by atoms with E-state index in [1.54, 1.807) is 19.9 Å². The Balaban J connectivity index is 2.45. The van der Waals surface area contributed by atoms with Crippen molar-refractivity contribution in [1.29, 1.82) is 0 Å². The van der Waals surface area contributed by atoms with Crippen LogP contribution in [-0.4, -0.2) is 24.0 Å². The number of fused-ring (bicyclic) bond motifs is 1. The van der Waals surface area contributed by atoms with Gasteiger partial charge in [-0.3, -0.25) is 0 Å². The van der Waals surface area contributed by atoms with E-state index < -0.39 is 17.7 Å². The van der Waals surface area contributed by atoms with Gasteiger partial charge in [0.05, 0.1) is 6.61 Å². The second-order valence-electron chi connectivity index (χ2n) is 5.35. The van der Waals surface area contributed by atoms with Crippen molar-refractivity contribution < 1.29 is 23.0 Å². The first-order chi connectivity index (χ1) is 9.15. The zero-order valence-electron chi connectivity index (χ0n) is 11.0. The third kappa shape index (κ3) is 2.79. The molecule has 0 saturated heterocycles. The maximum Gasteiger partial charge on any atom is 0.429 e. The number of alkyl halides is 3. The van der Waals surface area contributed by atoms with Gasteiger partial charge in [0.2, 0.25) is 6.10 Å². The SMILES string of the molecule is CC(C)(CO)c1cc2c(cc1Cl)C=C[C@H](C(F)(F)F)O2. The highest BCUT2D eigenvalue weighted by Gasteiger charge is 2.41. The number of hydrogen-bond acceptors (Lipinski definition) is 2. The minimum absolute atomic E-state index is 0.121. The van der Waals surface area contributed by atoms with Crippen LogP contribution in [0.2, 0.25) is 5.02 Å². The number of aliphatic hydroxyl groups excluding tert-OH is 1. The fraction of sp³-hybridized carbons (Fsp3) is 0.429. The van der Waals surface area contributed by atoms with Gasteiger partial charge in [0.25, 0.3) is 0 Å². The number of halogens is 4. The Morgan fingerprint density at radius 2 is 1.95 bits per heavy atom. The summed E-state index contributed by atoms with van der Waals surface area (Å²) in [5.74, 6) is 0.121. The van der Waals surface area contributed by atoms with E-state index in [1.165, 1.54) is 12.1 Å². The Morgan fingerprint density at radius 3 is 2.50 bits per heavy atom. The van der Waals surface area contributed by atoms with Gasteiger partial charge >= 0.3 is 6.18 Å². The van der Waals surface area contributed by atoms with E-state index in [0.717, 1.165) is 6.08 Å². The first-order valence-electron chi connectivity index (χ1n) is 6.01. The molecule has 1 N–H and O–H groups in total. The lowest BCUT2D eigenvalue weighted by molar-refractivity contribution is -0.180. The van der Waals surface area contributed by atoms with Gasteiger partial charge in [0.15, 0.2) is 0 Å². The van der Waals surface area contributed by atoms with Crippen LogP contribution < -0.4 is 4.74 Å². The second kappa shape index (κ2) is 4.97. The Kier molecular flexibility index (Phi) is 3.77. The summed E-state index contributed by atoms with van der Waals surface area (Å²) < 4.78 is 43.0. The monoisotopic (exact) mass is 306 g/mol. The van der Waals surface area contributed by atoms with Gasteiger partial charge in [-0.25, -0.2) is 0 Å². The predicted octanol–water partition coefficient (Wildman–Crippen LogP) is 3.95. The van der Waals surface area contributed by atoms with Crippen LogP contribution in [0.25, 0.3) is 6.08 Å². The maximum atomic E-state index is 12.7. The molecule has 0 saturated carbocycles. The molecular formula is C14H14ClF3O2. The van der Waals surface area contributed by atoms with Gasteiger partial charge in [0.1, 0.15) is 5.75 Å². The molecule has 0 aromatic heterocycles. The van der Waals surface area contributed by atoms with Crippen LogP contribution in [0.3, 0.4) is 0 Å². The standard InChI is InChI=1S/C14H14ClF3O2/c1-13(2,7-19)9-6-11-8(5-10(9)15)3-4-12(20-11)14(16,17)18/h3-6,12,19H,7H2,1-2H3/t12-/m1/s1. The third-order valence-corrected chi connectivity index (χ3v) is 3.56. The molecule has 0 fully saturated rings. The molecule has 1 aromatic carbocycles. The quantitative estimate of drug-likeness (QED) is 0.896. The molecule has 2 rings (SSSR count). The van der Waals surface area contributed by atoms with Crippen molar-refractivity contribution in [3.8, 4) is 5.75 Å². The Bertz CT molecular complexity index is 550. The lowest BCUT2D eigenvalue weighted by Crippen LogP contribution is -2.34. The normalized spacial score (nSPS) is 18.6. The smallest absolute Gasteiger partial charge is 0.429 e. The van der Waals surface area contributed by atoms with Crippen molar-refractivity contribution in [2.45, 2.75) is 31.5 Å². The Labute approximate surface area is 119 Å². The van der Waals surface area contributed by atoms with Crippen LogP contribution in [0.15, 0.2) is 18.2 Å². The van der Waals surface area contributed by atoms with Gasteiger partial charge in [-0.2, -0.15) is 13.2 Å². The summed E-state index contributed by atoms with van der Waals surface area (Å²) in [5, 5.41) is 9.75. The van der Waals surface area contributed by atoms with Crippen LogP contribution in [0, 0.1) is 0 Å². The fourth-order valence-electron chi connectivity index (χ4n) is 1.95. The zero-order valence-corrected chi connectivity index (χ0v) is 11.7. The number of hydrogen-bond donors (Lipinski definition) is 1. The molecule has 110 valence electrons. The van der Waals surface area contributed by atoms with Gasteiger partial charge in [-0.05, 0) is 23.8 Å². The molecule has 1 heterocycles. The molecule has 1 atom stereocenters. The molecule has 20 heavy (non-hydrogen) atoms. The minimum atomic E-state index is -4.46. The summed E-state index contributed by atoms with van der Waals surface area (Å²) in [4.78, 5) is 0. The van der Waals surface area contributed by atoms with E-state index in [0.29, 0.717) is 16.1 Å². The van der Waals surface area contributed by atoms with Gasteiger partial charge in [0, 0.05) is 16.0 Å². The van der Waals surface area contributed by atoms with Crippen LogP contribution in [0.4, 0.5) is 13.2 Å². The van der Waals surface area contributed by atoms with Crippen molar-refractivity contribution in [3.05, 3.63) is 34.4 Å². The maximum absolute atomic E-state index is 12.7. The van der Waals surface area contributed by atoms with Crippen LogP contribution in [-0.2, 0) is 5.41 Å². The zero-order chi connectivity index (χ0) is 15.1. The number of rotatable bonds is 2. The van der Waals surface area contributed by atoms with Crippen molar-refractivity contribution in [2.24, 2.45) is 0 Å². The third-order valence-electron chi connectivity index (χ3n) is 3.25. The molecule has 2 nitrogen and oxygen atoms in total. The molecule has 0 amide bonds. The molecule has 6 heteroatoms. The fourth-order valence-corrected chi connectivity index (χ4v) is 2.38. The lowest BCUT2D eigenvalue weighted by atomic mass is 9.84. The first-order valence-corrected chi connectivity index (χ1v) is 6.39. The summed E-state index contributed by atoms with van der Waals surface area (Å²) >= 11 is 6.13. The van der Waals surface area contributed by atoms with Gasteiger partial charge in [-0.15, -0.1) is 0 Å². The topological polar surface area (TPSA) is 29.5 Å². The van der Waals surface area contributed by atoms with E-state index in [4.69, 9.17) is 16.3 Å². The summed E-state index contributed by atoms with van der Waals surface area (Å²) in [7, 11) is 0. The highest BCUT2D eigenvalue weighted by atomic mass is 35.5. The summed E-state index contributed by atoms with van der Waals surface area (Å²) in [6.07, 6.45) is -4.12. The summed E-state index contributed by atoms with van der Waals surface area (Å²) in [6.45, 7) is 3.32. The second-order valence-corrected chi connectivity index (χ2v) is 5.76. The summed E-state index contributed by atoms with van der Waals surface area (Å²) in [6, 6.07) is 3.02. The summed E-state index contributed by atoms with van der Waals surface area (Å²) in [5.41, 5.74) is 0.384. The average molecular weight is 307 g/mol. The van der Waals surface area contributed by atoms with Crippen LogP contribution in [0.5, 0.6) is 5.75 Å². The van der Waals surface area contributed by atoms with E-state index in [1.807, 2.05) is 0 Å². The Morgan fingerprint density at radius 1 is 1.30 bits per heavy atom. The van der Waals surface area contributed by atoms with E-state index in [9.17, 15) is 18.3 Å². The van der Waals surface area contributed by atoms with Crippen molar-refractivity contribution in [3.63, 3.8) is 0 Å². The largest absolute Gasteiger partial charge is 0.476 e. The molecule has 1 aromatic rings. The molecule has 1 aliphatic heterocycles. The molecule has 0 bridgehead atoms. The molecular weight excluding hydrogens is 293 g/mol. The van der Waals surface area contributed by atoms with E-state index in [2.05, 4.69) is 0 Å². The highest BCUT2D eigenvalue weighted by Crippen LogP contribution is 2.39. The molecule has 0 radical (unpaired) electrons. The first kappa shape index (κ1) is 15.2. The minimum Gasteiger partial charge on any atom is -0.476 e. The average Bonchev–Trinajstić information content (AvgIpc) is 2.36. The van der Waals surface area contributed by atoms with Crippen LogP contribution in [0.1, 0.15) is 25.0 Å². The van der Waals surface area contributed by atoms with Gasteiger partial charge in [-0.1, -0.05) is 31.5 Å². The molecule has 0 unspecified atom stereocenters. The number of aliphatic hydroxyl groups is 1. The van der Waals surface area contributed by atoms with E-state index in [-0.39, 0.29) is 12.4 Å². The lowest BCUT2D eigenvalue weighted by Gasteiger charge is -2.28. The van der Waals surface area contributed by atoms with Crippen molar-refractivity contribution >= 4 is 17.7 Å². The van der Waals surface area contributed by atoms with Crippen molar-refractivity contribution in [2.75, 3.05) is 6.61 Å². The van der Waals surface area contributed by atoms with Crippen molar-refractivity contribution in [1.82, 2.24) is 0 Å². The van der Waals surface area contributed by atoms with E-state index >= 15 is 0 Å². The van der Waals surface area contributed by atoms with Gasteiger partial charge < -0.3 is 9.84 Å².